The van der Waals surface area contributed by atoms with Gasteiger partial charge >= 0.3 is 0 Å². The van der Waals surface area contributed by atoms with Gasteiger partial charge in [0, 0.05) is 6.54 Å². The lowest BCUT2D eigenvalue weighted by Crippen LogP contribution is -2.33. The number of carbonyl (C=O) groups excluding carboxylic acids is 1. The van der Waals surface area contributed by atoms with Gasteiger partial charge in [0.15, 0.2) is 0 Å². The third-order valence-corrected chi connectivity index (χ3v) is 3.92. The zero-order valence-electron chi connectivity index (χ0n) is 10.3. The van der Waals surface area contributed by atoms with Gasteiger partial charge in [-0.3, -0.25) is 9.52 Å². The zero-order valence-corrected chi connectivity index (χ0v) is 11.2. The Bertz CT molecular complexity index is 512. The van der Waals surface area contributed by atoms with E-state index in [1.807, 2.05) is 16.9 Å². The first-order chi connectivity index (χ1) is 8.48. The van der Waals surface area contributed by atoms with Crippen LogP contribution in [0.1, 0.15) is 24.5 Å². The molecule has 6 heteroatoms. The molecule has 5 nitrogen and oxygen atoms in total. The fraction of sp³-hybridized carbons (Fsp3) is 0.417. The van der Waals surface area contributed by atoms with Gasteiger partial charge in [0.05, 0.1) is 12.2 Å². The van der Waals surface area contributed by atoms with Crippen LogP contribution >= 0.6 is 0 Å². The molecule has 0 heterocycles. The Morgan fingerprint density at radius 3 is 2.44 bits per heavy atom. The molecule has 1 aromatic carbocycles. The smallest absolute Gasteiger partial charge is 0.237 e. The summed E-state index contributed by atoms with van der Waals surface area (Å²) < 4.78 is 24.9. The Morgan fingerprint density at radius 1 is 1.28 bits per heavy atom. The lowest BCUT2D eigenvalue weighted by atomic mass is 10.0. The first kappa shape index (κ1) is 14.7. The number of benzene rings is 1. The van der Waals surface area contributed by atoms with Crippen LogP contribution in [0.25, 0.3) is 0 Å². The highest BCUT2D eigenvalue weighted by molar-refractivity contribution is 7.90. The van der Waals surface area contributed by atoms with Crippen molar-refractivity contribution in [2.75, 3.05) is 5.75 Å². The number of nitrogens with one attached hydrogen (secondary N) is 1. The normalized spacial score (nSPS) is 11.2. The highest BCUT2D eigenvalue weighted by Gasteiger charge is 2.14. The average molecular weight is 270 g/mol. The number of amides is 1. The first-order valence-corrected chi connectivity index (χ1v) is 7.44. The van der Waals surface area contributed by atoms with Crippen molar-refractivity contribution in [3.8, 4) is 0 Å². The number of carbonyl (C=O) groups is 1. The molecule has 0 aliphatic heterocycles. The minimum Gasteiger partial charge on any atom is -0.326 e. The minimum atomic E-state index is -3.50. The number of rotatable bonds is 6. The maximum atomic E-state index is 11.6. The van der Waals surface area contributed by atoms with E-state index < -0.39 is 15.9 Å². The molecular weight excluding hydrogens is 252 g/mol. The molecule has 1 amide bonds. The summed E-state index contributed by atoms with van der Waals surface area (Å²) in [7, 11) is -3.50. The molecule has 18 heavy (non-hydrogen) atoms. The predicted molar refractivity (Wildman–Crippen MR) is 70.3 cm³/mol. The van der Waals surface area contributed by atoms with Crippen molar-refractivity contribution >= 4 is 15.9 Å². The fourth-order valence-corrected chi connectivity index (χ4v) is 2.69. The van der Waals surface area contributed by atoms with Crippen molar-refractivity contribution in [2.45, 2.75) is 26.3 Å². The van der Waals surface area contributed by atoms with Crippen LogP contribution in [0.2, 0.25) is 0 Å². The average Bonchev–Trinajstić information content (AvgIpc) is 2.28. The van der Waals surface area contributed by atoms with Gasteiger partial charge in [-0.05, 0) is 17.5 Å². The highest BCUT2D eigenvalue weighted by Crippen LogP contribution is 2.08. The second-order valence-corrected chi connectivity index (χ2v) is 5.84. The molecule has 100 valence electrons. The molecule has 0 aliphatic carbocycles. The van der Waals surface area contributed by atoms with Crippen LogP contribution < -0.4 is 10.5 Å². The van der Waals surface area contributed by atoms with Gasteiger partial charge in [0.2, 0.25) is 15.9 Å². The molecule has 0 spiro atoms. The molecule has 0 fully saturated rings. The van der Waals surface area contributed by atoms with Crippen LogP contribution in [0.4, 0.5) is 0 Å². The summed E-state index contributed by atoms with van der Waals surface area (Å²) in [6.45, 7) is 2.07. The second-order valence-electron chi connectivity index (χ2n) is 3.99. The molecule has 0 saturated carbocycles. The molecule has 0 unspecified atom stereocenters. The molecule has 0 saturated heterocycles. The number of hydrogen-bond donors (Lipinski definition) is 2. The molecule has 1 aromatic rings. The van der Waals surface area contributed by atoms with Crippen molar-refractivity contribution < 1.29 is 13.2 Å². The summed E-state index contributed by atoms with van der Waals surface area (Å²) in [5.41, 5.74) is 7.15. The van der Waals surface area contributed by atoms with E-state index in [4.69, 9.17) is 5.73 Å². The lowest BCUT2D eigenvalue weighted by Gasteiger charge is -2.08. The van der Waals surface area contributed by atoms with Gasteiger partial charge in [0.25, 0.3) is 0 Å². The van der Waals surface area contributed by atoms with E-state index in [2.05, 4.69) is 0 Å². The van der Waals surface area contributed by atoms with E-state index in [0.717, 1.165) is 11.1 Å². The van der Waals surface area contributed by atoms with Crippen molar-refractivity contribution in [2.24, 2.45) is 5.73 Å². The maximum Gasteiger partial charge on any atom is 0.237 e. The van der Waals surface area contributed by atoms with E-state index in [9.17, 15) is 13.2 Å². The van der Waals surface area contributed by atoms with Crippen molar-refractivity contribution in [3.63, 3.8) is 0 Å². The summed E-state index contributed by atoms with van der Waals surface area (Å²) >= 11 is 0. The second kappa shape index (κ2) is 6.51. The van der Waals surface area contributed by atoms with Crippen LogP contribution in [-0.2, 0) is 27.8 Å². The summed E-state index contributed by atoms with van der Waals surface area (Å²) in [6, 6.07) is 7.22. The zero-order chi connectivity index (χ0) is 13.6. The summed E-state index contributed by atoms with van der Waals surface area (Å²) in [6.07, 6.45) is 0.498. The molecule has 0 atom stereocenters. The lowest BCUT2D eigenvalue weighted by molar-refractivity contribution is -0.118. The van der Waals surface area contributed by atoms with E-state index in [-0.39, 0.29) is 12.2 Å². The summed E-state index contributed by atoms with van der Waals surface area (Å²) in [5.74, 6) is -0.568. The van der Waals surface area contributed by atoms with Gasteiger partial charge in [-0.25, -0.2) is 8.42 Å². The monoisotopic (exact) mass is 270 g/mol. The van der Waals surface area contributed by atoms with Gasteiger partial charge in [0.1, 0.15) is 0 Å². The van der Waals surface area contributed by atoms with Gasteiger partial charge in [-0.1, -0.05) is 31.2 Å². The van der Waals surface area contributed by atoms with E-state index in [1.165, 1.54) is 0 Å². The minimum absolute atomic E-state index is 0.0241. The molecule has 0 bridgehead atoms. The third-order valence-electron chi connectivity index (χ3n) is 2.43. The standard InChI is InChI=1S/C12H18N2O3S/c1-2-7-18(16,17)14-12(15)8-10-5-3-4-6-11(10)9-13/h3-6H,2,7-9,13H2,1H3,(H,14,15). The largest absolute Gasteiger partial charge is 0.326 e. The quantitative estimate of drug-likeness (QED) is 0.789. The molecule has 0 aromatic heterocycles. The summed E-state index contributed by atoms with van der Waals surface area (Å²) in [5, 5.41) is 0. The van der Waals surface area contributed by atoms with E-state index in [1.54, 1.807) is 19.1 Å². The number of sulfonamides is 1. The topological polar surface area (TPSA) is 89.3 Å². The molecule has 1 rings (SSSR count). The predicted octanol–water partition coefficient (Wildman–Crippen LogP) is 0.544. The first-order valence-electron chi connectivity index (χ1n) is 5.78. The Labute approximate surface area is 107 Å². The molecule has 0 radical (unpaired) electrons. The number of hydrogen-bond acceptors (Lipinski definition) is 4. The van der Waals surface area contributed by atoms with Crippen molar-refractivity contribution in [1.82, 2.24) is 4.72 Å². The van der Waals surface area contributed by atoms with Gasteiger partial charge < -0.3 is 5.73 Å². The van der Waals surface area contributed by atoms with Crippen LogP contribution in [0, 0.1) is 0 Å². The molecular formula is C12H18N2O3S. The Hall–Kier alpha value is -1.40. The van der Waals surface area contributed by atoms with Crippen LogP contribution in [0.3, 0.4) is 0 Å². The SMILES string of the molecule is CCCS(=O)(=O)NC(=O)Cc1ccccc1CN. The molecule has 0 aliphatic rings. The van der Waals surface area contributed by atoms with Crippen molar-refractivity contribution in [1.29, 1.82) is 0 Å². The Kier molecular flexibility index (Phi) is 5.30. The van der Waals surface area contributed by atoms with Crippen LogP contribution in [0.5, 0.6) is 0 Å². The summed E-state index contributed by atoms with van der Waals surface area (Å²) in [4.78, 5) is 11.6. The maximum absolute atomic E-state index is 11.6. The highest BCUT2D eigenvalue weighted by atomic mass is 32.2. The third kappa shape index (κ3) is 4.46. The Balaban J connectivity index is 2.71. The fourth-order valence-electron chi connectivity index (χ4n) is 1.63. The van der Waals surface area contributed by atoms with E-state index in [0.29, 0.717) is 13.0 Å². The van der Waals surface area contributed by atoms with Gasteiger partial charge in [-0.2, -0.15) is 0 Å². The molecule has 3 N–H and O–H groups in total. The van der Waals surface area contributed by atoms with Crippen LogP contribution in [0.15, 0.2) is 24.3 Å². The van der Waals surface area contributed by atoms with E-state index >= 15 is 0 Å². The van der Waals surface area contributed by atoms with Crippen molar-refractivity contribution in [3.05, 3.63) is 35.4 Å². The Morgan fingerprint density at radius 2 is 1.89 bits per heavy atom. The van der Waals surface area contributed by atoms with Crippen LogP contribution in [-0.4, -0.2) is 20.1 Å². The number of nitrogens with two attached hydrogens (primary N) is 1. The van der Waals surface area contributed by atoms with Gasteiger partial charge in [-0.15, -0.1) is 0 Å².